The molecule has 0 heterocycles. The lowest BCUT2D eigenvalue weighted by atomic mass is 9.73. The van der Waals surface area contributed by atoms with E-state index in [1.807, 2.05) is 13.0 Å². The van der Waals surface area contributed by atoms with Crippen molar-refractivity contribution in [3.05, 3.63) is 35.4 Å². The molecular formula is C16H20N2O4. The second-order valence-electron chi connectivity index (χ2n) is 5.41. The molecule has 0 saturated heterocycles. The van der Waals surface area contributed by atoms with Gasteiger partial charge in [-0.05, 0) is 37.5 Å². The van der Waals surface area contributed by atoms with E-state index in [0.29, 0.717) is 24.9 Å². The standard InChI is InChI=1S/C16H20N2O4/c1-2-17-14(19)11-5-3-4-10(8-11)9-18-15(20)12-6-7-13(12)16(21)22/h3-5,8,12-13H,2,6-7,9H2,1H3,(H,17,19)(H,18,20)(H,21,22). The molecule has 1 fully saturated rings. The van der Waals surface area contributed by atoms with E-state index in [1.54, 1.807) is 18.2 Å². The van der Waals surface area contributed by atoms with Crippen molar-refractivity contribution in [2.75, 3.05) is 6.54 Å². The monoisotopic (exact) mass is 304 g/mol. The Morgan fingerprint density at radius 2 is 1.91 bits per heavy atom. The van der Waals surface area contributed by atoms with Gasteiger partial charge in [0.05, 0.1) is 11.8 Å². The molecule has 6 nitrogen and oxygen atoms in total. The van der Waals surface area contributed by atoms with E-state index in [0.717, 1.165) is 5.56 Å². The third kappa shape index (κ3) is 3.63. The van der Waals surface area contributed by atoms with Crippen molar-refractivity contribution in [2.45, 2.75) is 26.3 Å². The Kier molecular flexibility index (Phi) is 5.14. The molecular weight excluding hydrogens is 284 g/mol. The first kappa shape index (κ1) is 16.0. The predicted octanol–water partition coefficient (Wildman–Crippen LogP) is 1.16. The van der Waals surface area contributed by atoms with Crippen LogP contribution in [0.1, 0.15) is 35.7 Å². The van der Waals surface area contributed by atoms with E-state index in [4.69, 9.17) is 5.11 Å². The minimum Gasteiger partial charge on any atom is -0.481 e. The van der Waals surface area contributed by atoms with E-state index in [9.17, 15) is 14.4 Å². The first-order valence-electron chi connectivity index (χ1n) is 7.40. The smallest absolute Gasteiger partial charge is 0.307 e. The second-order valence-corrected chi connectivity index (χ2v) is 5.41. The summed E-state index contributed by atoms with van der Waals surface area (Å²) in [5.41, 5.74) is 1.35. The number of rotatable bonds is 6. The summed E-state index contributed by atoms with van der Waals surface area (Å²) in [7, 11) is 0. The van der Waals surface area contributed by atoms with Crippen molar-refractivity contribution in [1.29, 1.82) is 0 Å². The maximum atomic E-state index is 12.0. The Bertz CT molecular complexity index is 585. The Morgan fingerprint density at radius 3 is 2.50 bits per heavy atom. The van der Waals surface area contributed by atoms with E-state index in [-0.39, 0.29) is 18.4 Å². The minimum atomic E-state index is -0.912. The molecule has 1 aliphatic carbocycles. The van der Waals surface area contributed by atoms with Gasteiger partial charge in [0.15, 0.2) is 0 Å². The SMILES string of the molecule is CCNC(=O)c1cccc(CNC(=O)C2CCC2C(=O)O)c1. The summed E-state index contributed by atoms with van der Waals surface area (Å²) >= 11 is 0. The third-order valence-electron chi connectivity index (χ3n) is 3.92. The van der Waals surface area contributed by atoms with Gasteiger partial charge in [0.1, 0.15) is 0 Å². The van der Waals surface area contributed by atoms with E-state index in [2.05, 4.69) is 10.6 Å². The third-order valence-corrected chi connectivity index (χ3v) is 3.92. The van der Waals surface area contributed by atoms with Crippen LogP contribution in [0.3, 0.4) is 0 Å². The summed E-state index contributed by atoms with van der Waals surface area (Å²) < 4.78 is 0. The first-order chi connectivity index (χ1) is 10.5. The molecule has 118 valence electrons. The Labute approximate surface area is 128 Å². The van der Waals surface area contributed by atoms with Crippen molar-refractivity contribution < 1.29 is 19.5 Å². The number of aliphatic carboxylic acids is 1. The van der Waals surface area contributed by atoms with Gasteiger partial charge in [-0.2, -0.15) is 0 Å². The molecule has 1 aromatic carbocycles. The number of hydrogen-bond acceptors (Lipinski definition) is 3. The van der Waals surface area contributed by atoms with E-state index >= 15 is 0 Å². The van der Waals surface area contributed by atoms with Crippen molar-refractivity contribution in [3.63, 3.8) is 0 Å². The van der Waals surface area contributed by atoms with Gasteiger partial charge in [-0.25, -0.2) is 0 Å². The van der Waals surface area contributed by atoms with E-state index < -0.39 is 17.8 Å². The van der Waals surface area contributed by atoms with Crippen LogP contribution in [0.25, 0.3) is 0 Å². The molecule has 0 aromatic heterocycles. The summed E-state index contributed by atoms with van der Waals surface area (Å²) in [5, 5.41) is 14.4. The van der Waals surface area contributed by atoms with Gasteiger partial charge in [0.25, 0.3) is 5.91 Å². The zero-order valence-electron chi connectivity index (χ0n) is 12.5. The second kappa shape index (κ2) is 7.06. The number of carboxylic acid groups (broad SMARTS) is 1. The summed E-state index contributed by atoms with van der Waals surface area (Å²) in [6.07, 6.45) is 1.17. The van der Waals surface area contributed by atoms with Crippen molar-refractivity contribution in [3.8, 4) is 0 Å². The average molecular weight is 304 g/mol. The molecule has 2 rings (SSSR count). The minimum absolute atomic E-state index is 0.152. The maximum absolute atomic E-state index is 12.0. The van der Waals surface area contributed by atoms with Crippen LogP contribution in [0.2, 0.25) is 0 Å². The van der Waals surface area contributed by atoms with Crippen LogP contribution in [-0.4, -0.2) is 29.4 Å². The largest absolute Gasteiger partial charge is 0.481 e. The molecule has 6 heteroatoms. The van der Waals surface area contributed by atoms with Gasteiger partial charge in [0.2, 0.25) is 5.91 Å². The molecule has 0 bridgehead atoms. The highest BCUT2D eigenvalue weighted by Crippen LogP contribution is 2.34. The molecule has 0 aliphatic heterocycles. The lowest BCUT2D eigenvalue weighted by molar-refractivity contribution is -0.152. The highest BCUT2D eigenvalue weighted by molar-refractivity contribution is 5.94. The van der Waals surface area contributed by atoms with Crippen LogP contribution in [-0.2, 0) is 16.1 Å². The lowest BCUT2D eigenvalue weighted by Crippen LogP contribution is -2.43. The molecule has 2 amide bonds. The number of benzene rings is 1. The Morgan fingerprint density at radius 1 is 1.18 bits per heavy atom. The molecule has 1 aliphatic rings. The molecule has 2 atom stereocenters. The van der Waals surface area contributed by atoms with Crippen LogP contribution in [0, 0.1) is 11.8 Å². The topological polar surface area (TPSA) is 95.5 Å². The van der Waals surface area contributed by atoms with Gasteiger partial charge >= 0.3 is 5.97 Å². The number of hydrogen-bond donors (Lipinski definition) is 3. The zero-order valence-corrected chi connectivity index (χ0v) is 12.5. The van der Waals surface area contributed by atoms with Crippen LogP contribution >= 0.6 is 0 Å². The number of carboxylic acids is 1. The van der Waals surface area contributed by atoms with Crippen molar-refractivity contribution >= 4 is 17.8 Å². The molecule has 3 N–H and O–H groups in total. The highest BCUT2D eigenvalue weighted by atomic mass is 16.4. The average Bonchev–Trinajstić information content (AvgIpc) is 2.44. The summed E-state index contributed by atoms with van der Waals surface area (Å²) in [4.78, 5) is 34.7. The number of nitrogens with one attached hydrogen (secondary N) is 2. The van der Waals surface area contributed by atoms with Gasteiger partial charge < -0.3 is 15.7 Å². The van der Waals surface area contributed by atoms with Gasteiger partial charge in [-0.1, -0.05) is 12.1 Å². The molecule has 22 heavy (non-hydrogen) atoms. The Balaban J connectivity index is 1.91. The van der Waals surface area contributed by atoms with Crippen LogP contribution < -0.4 is 10.6 Å². The molecule has 1 aromatic rings. The van der Waals surface area contributed by atoms with Gasteiger partial charge in [-0.3, -0.25) is 14.4 Å². The number of amides is 2. The van der Waals surface area contributed by atoms with Crippen LogP contribution in [0.5, 0.6) is 0 Å². The summed E-state index contributed by atoms with van der Waals surface area (Å²) in [5.74, 6) is -2.31. The molecule has 2 unspecified atom stereocenters. The summed E-state index contributed by atoms with van der Waals surface area (Å²) in [6, 6.07) is 7.01. The van der Waals surface area contributed by atoms with Crippen molar-refractivity contribution in [2.24, 2.45) is 11.8 Å². The number of carbonyl (C=O) groups is 3. The predicted molar refractivity (Wildman–Crippen MR) is 80.1 cm³/mol. The first-order valence-corrected chi connectivity index (χ1v) is 7.40. The molecule has 0 radical (unpaired) electrons. The van der Waals surface area contributed by atoms with Gasteiger partial charge in [-0.15, -0.1) is 0 Å². The molecule has 0 spiro atoms. The zero-order chi connectivity index (χ0) is 16.1. The Hall–Kier alpha value is -2.37. The fraction of sp³-hybridized carbons (Fsp3) is 0.438. The van der Waals surface area contributed by atoms with Crippen LogP contribution in [0.15, 0.2) is 24.3 Å². The maximum Gasteiger partial charge on any atom is 0.307 e. The number of carbonyl (C=O) groups excluding carboxylic acids is 2. The summed E-state index contributed by atoms with van der Waals surface area (Å²) in [6.45, 7) is 2.69. The highest BCUT2D eigenvalue weighted by Gasteiger charge is 2.41. The van der Waals surface area contributed by atoms with Crippen LogP contribution in [0.4, 0.5) is 0 Å². The van der Waals surface area contributed by atoms with Crippen molar-refractivity contribution in [1.82, 2.24) is 10.6 Å². The normalized spacial score (nSPS) is 19.9. The van der Waals surface area contributed by atoms with E-state index in [1.165, 1.54) is 0 Å². The molecule has 1 saturated carbocycles. The fourth-order valence-corrected chi connectivity index (χ4v) is 2.51. The lowest BCUT2D eigenvalue weighted by Gasteiger charge is -2.31. The fourth-order valence-electron chi connectivity index (χ4n) is 2.51. The van der Waals surface area contributed by atoms with Gasteiger partial charge in [0, 0.05) is 18.7 Å². The quantitative estimate of drug-likeness (QED) is 0.735.